The summed E-state index contributed by atoms with van der Waals surface area (Å²) >= 11 is 0. The second-order valence-corrected chi connectivity index (χ2v) is 9.46. The zero-order valence-electron chi connectivity index (χ0n) is 18.4. The van der Waals surface area contributed by atoms with Gasteiger partial charge in [0.2, 0.25) is 0 Å². The molecule has 2 saturated heterocycles. The Labute approximate surface area is 187 Å². The number of nitrogens with zero attached hydrogens (tertiary/aromatic N) is 3. The molecule has 2 aromatic rings. The molecule has 3 aliphatic rings. The van der Waals surface area contributed by atoms with Crippen LogP contribution in [0.3, 0.4) is 0 Å². The zero-order valence-corrected chi connectivity index (χ0v) is 18.4. The second-order valence-electron chi connectivity index (χ2n) is 9.46. The number of hydrogen-bond acceptors (Lipinski definition) is 4. The summed E-state index contributed by atoms with van der Waals surface area (Å²) in [6, 6.07) is 9.17. The number of amides is 2. The number of pyridine rings is 1. The number of aromatic nitrogens is 1. The van der Waals surface area contributed by atoms with E-state index in [2.05, 4.69) is 27.5 Å². The second kappa shape index (κ2) is 8.67. The SMILES string of the molecule is CN1CCC(N2C[C@@H]3C[C@H](C2)c2c(NC(=O)Nc4cccc(F)c4)ccc(=O)n2C3)CC1. The molecular formula is C24H30FN5O2. The molecule has 0 radical (unpaired) electrons. The fraction of sp³-hybridized carbons (Fsp3) is 0.500. The largest absolute Gasteiger partial charge is 0.323 e. The van der Waals surface area contributed by atoms with Gasteiger partial charge in [-0.05, 0) is 69.6 Å². The van der Waals surface area contributed by atoms with E-state index in [1.807, 2.05) is 4.57 Å². The number of halogens is 1. The maximum atomic E-state index is 13.4. The molecular weight excluding hydrogens is 409 g/mol. The maximum Gasteiger partial charge on any atom is 0.323 e. The van der Waals surface area contributed by atoms with Crippen molar-refractivity contribution >= 4 is 17.4 Å². The van der Waals surface area contributed by atoms with Gasteiger partial charge in [-0.2, -0.15) is 0 Å². The van der Waals surface area contributed by atoms with E-state index < -0.39 is 11.8 Å². The topological polar surface area (TPSA) is 69.6 Å². The number of fused-ring (bicyclic) bond motifs is 4. The number of carbonyl (C=O) groups is 1. The van der Waals surface area contributed by atoms with Crippen molar-refractivity contribution < 1.29 is 9.18 Å². The van der Waals surface area contributed by atoms with Crippen molar-refractivity contribution in [1.82, 2.24) is 14.4 Å². The molecule has 2 atom stereocenters. The number of hydrogen-bond donors (Lipinski definition) is 2. The summed E-state index contributed by atoms with van der Waals surface area (Å²) in [6.45, 7) is 4.89. The first-order chi connectivity index (χ1) is 15.5. The van der Waals surface area contributed by atoms with Gasteiger partial charge in [0.05, 0.1) is 5.69 Å². The molecule has 32 heavy (non-hydrogen) atoms. The van der Waals surface area contributed by atoms with Gasteiger partial charge in [0.15, 0.2) is 0 Å². The van der Waals surface area contributed by atoms with Crippen LogP contribution in [0.4, 0.5) is 20.6 Å². The summed E-state index contributed by atoms with van der Waals surface area (Å²) < 4.78 is 15.3. The van der Waals surface area contributed by atoms with Crippen LogP contribution in [-0.4, -0.2) is 59.7 Å². The van der Waals surface area contributed by atoms with Gasteiger partial charge in [-0.1, -0.05) is 6.07 Å². The smallest absolute Gasteiger partial charge is 0.310 e. The fourth-order valence-electron chi connectivity index (χ4n) is 5.67. The average molecular weight is 440 g/mol. The van der Waals surface area contributed by atoms with Crippen LogP contribution in [0, 0.1) is 11.7 Å². The summed E-state index contributed by atoms with van der Waals surface area (Å²) in [5, 5.41) is 5.59. The minimum absolute atomic E-state index is 0.0153. The number of benzene rings is 1. The molecule has 5 rings (SSSR count). The molecule has 0 unspecified atom stereocenters. The van der Waals surface area contributed by atoms with Crippen LogP contribution in [0.25, 0.3) is 0 Å². The van der Waals surface area contributed by atoms with Crippen LogP contribution in [-0.2, 0) is 6.54 Å². The van der Waals surface area contributed by atoms with Crippen molar-refractivity contribution in [2.24, 2.45) is 5.92 Å². The molecule has 8 heteroatoms. The van der Waals surface area contributed by atoms with Crippen molar-refractivity contribution in [3.8, 4) is 0 Å². The number of likely N-dealkylation sites (tertiary alicyclic amines) is 2. The highest BCUT2D eigenvalue weighted by molar-refractivity contribution is 6.00. The monoisotopic (exact) mass is 439 g/mol. The van der Waals surface area contributed by atoms with Gasteiger partial charge >= 0.3 is 6.03 Å². The molecule has 4 heterocycles. The fourth-order valence-corrected chi connectivity index (χ4v) is 5.67. The highest BCUT2D eigenvalue weighted by Gasteiger charge is 2.39. The third-order valence-electron chi connectivity index (χ3n) is 7.15. The van der Waals surface area contributed by atoms with Crippen LogP contribution in [0.5, 0.6) is 0 Å². The Kier molecular flexibility index (Phi) is 5.73. The Morgan fingerprint density at radius 3 is 2.66 bits per heavy atom. The average Bonchev–Trinajstić information content (AvgIpc) is 2.76. The van der Waals surface area contributed by atoms with Gasteiger partial charge in [-0.15, -0.1) is 0 Å². The van der Waals surface area contributed by atoms with Crippen LogP contribution in [0.2, 0.25) is 0 Å². The van der Waals surface area contributed by atoms with Crippen molar-refractivity contribution in [1.29, 1.82) is 0 Å². The number of urea groups is 1. The van der Waals surface area contributed by atoms with Gasteiger partial charge in [0, 0.05) is 49.0 Å². The molecule has 3 aliphatic heterocycles. The number of anilines is 2. The van der Waals surface area contributed by atoms with Crippen LogP contribution in [0.15, 0.2) is 41.2 Å². The Balaban J connectivity index is 1.36. The maximum absolute atomic E-state index is 13.4. The number of nitrogens with one attached hydrogen (secondary N) is 2. The molecule has 7 nitrogen and oxygen atoms in total. The standard InChI is InChI=1S/C24H30FN5O2/c1-28-9-7-20(8-10-28)29-13-16-11-17(15-29)23-21(5-6-22(31)30(23)14-16)27-24(32)26-19-4-2-3-18(25)12-19/h2-6,12,16-17,20H,7-11,13-15H2,1H3,(H2,26,27,32)/t16-,17+/m0/s1. The summed E-state index contributed by atoms with van der Waals surface area (Å²) in [6.07, 6.45) is 3.39. The third-order valence-corrected chi connectivity index (χ3v) is 7.15. The van der Waals surface area contributed by atoms with Gasteiger partial charge < -0.3 is 20.1 Å². The van der Waals surface area contributed by atoms with Crippen LogP contribution >= 0.6 is 0 Å². The third kappa shape index (κ3) is 4.29. The lowest BCUT2D eigenvalue weighted by Gasteiger charge is -2.47. The van der Waals surface area contributed by atoms with Gasteiger partial charge in [-0.25, -0.2) is 9.18 Å². The van der Waals surface area contributed by atoms with E-state index in [-0.39, 0.29) is 11.5 Å². The predicted molar refractivity (Wildman–Crippen MR) is 123 cm³/mol. The van der Waals surface area contributed by atoms with Gasteiger partial charge in [-0.3, -0.25) is 9.69 Å². The van der Waals surface area contributed by atoms with Gasteiger partial charge in [0.25, 0.3) is 5.56 Å². The van der Waals surface area contributed by atoms with Crippen molar-refractivity contribution in [3.63, 3.8) is 0 Å². The lowest BCUT2D eigenvalue weighted by Crippen LogP contribution is -2.53. The molecule has 1 aromatic heterocycles. The van der Waals surface area contributed by atoms with Crippen molar-refractivity contribution in [2.75, 3.05) is 43.9 Å². The first kappa shape index (κ1) is 21.2. The molecule has 170 valence electrons. The number of rotatable bonds is 3. The van der Waals surface area contributed by atoms with E-state index in [0.717, 1.165) is 38.3 Å². The summed E-state index contributed by atoms with van der Waals surface area (Å²) in [7, 11) is 2.18. The molecule has 2 fully saturated rings. The Morgan fingerprint density at radius 1 is 1.06 bits per heavy atom. The molecule has 2 bridgehead atoms. The molecule has 0 aliphatic carbocycles. The van der Waals surface area contributed by atoms with Crippen LogP contribution < -0.4 is 16.2 Å². The van der Waals surface area contributed by atoms with Crippen molar-refractivity contribution in [3.05, 3.63) is 58.3 Å². The quantitative estimate of drug-likeness (QED) is 0.771. The molecule has 1 aromatic carbocycles. The van der Waals surface area contributed by atoms with Crippen molar-refractivity contribution in [2.45, 2.75) is 37.8 Å². The number of piperidine rings is 2. The summed E-state index contributed by atoms with van der Waals surface area (Å²) in [4.78, 5) is 30.3. The first-order valence-electron chi connectivity index (χ1n) is 11.5. The van der Waals surface area contributed by atoms with E-state index in [1.165, 1.54) is 31.0 Å². The first-order valence-corrected chi connectivity index (χ1v) is 11.5. The van der Waals surface area contributed by atoms with E-state index in [9.17, 15) is 14.0 Å². The van der Waals surface area contributed by atoms with E-state index in [1.54, 1.807) is 18.2 Å². The number of carbonyl (C=O) groups excluding carboxylic acids is 1. The zero-order chi connectivity index (χ0) is 22.2. The lowest BCUT2D eigenvalue weighted by molar-refractivity contribution is 0.0519. The van der Waals surface area contributed by atoms with Crippen LogP contribution in [0.1, 0.15) is 30.9 Å². The van der Waals surface area contributed by atoms with Gasteiger partial charge in [0.1, 0.15) is 5.82 Å². The Hall–Kier alpha value is -2.71. The van der Waals surface area contributed by atoms with E-state index in [4.69, 9.17) is 0 Å². The normalized spacial score (nSPS) is 24.1. The van der Waals surface area contributed by atoms with E-state index in [0.29, 0.717) is 29.9 Å². The summed E-state index contributed by atoms with van der Waals surface area (Å²) in [5.74, 6) is 0.254. The Morgan fingerprint density at radius 2 is 1.88 bits per heavy atom. The summed E-state index contributed by atoms with van der Waals surface area (Å²) in [5.41, 5.74) is 1.95. The predicted octanol–water partition coefficient (Wildman–Crippen LogP) is 3.14. The lowest BCUT2D eigenvalue weighted by atomic mass is 9.81. The molecule has 0 saturated carbocycles. The minimum atomic E-state index is -0.442. The highest BCUT2D eigenvalue weighted by Crippen LogP contribution is 2.40. The minimum Gasteiger partial charge on any atom is -0.310 e. The molecule has 2 N–H and O–H groups in total. The molecule has 2 amide bonds. The molecule has 0 spiro atoms. The van der Waals surface area contributed by atoms with E-state index >= 15 is 0 Å². The Bertz CT molecular complexity index is 1060. The highest BCUT2D eigenvalue weighted by atomic mass is 19.1.